The second kappa shape index (κ2) is 7.09. The molecular formula is C20H24F3N3O. The number of carbonyl (C=O) groups excluding carboxylic acids is 1. The van der Waals surface area contributed by atoms with E-state index >= 15 is 0 Å². The van der Waals surface area contributed by atoms with E-state index in [0.717, 1.165) is 42.4 Å². The van der Waals surface area contributed by atoms with Crippen molar-refractivity contribution in [2.45, 2.75) is 63.2 Å². The molecule has 2 amide bonds. The fraction of sp³-hybridized carbons (Fsp3) is 0.550. The van der Waals surface area contributed by atoms with Crippen LogP contribution in [-0.4, -0.2) is 34.7 Å². The summed E-state index contributed by atoms with van der Waals surface area (Å²) in [5.41, 5.74) is 1.48. The summed E-state index contributed by atoms with van der Waals surface area (Å²) in [5, 5.41) is 3.67. The number of benzene rings is 1. The number of fused-ring (bicyclic) bond motifs is 3. The highest BCUT2D eigenvalue weighted by molar-refractivity contribution is 5.85. The number of nitrogens with zero attached hydrogens (tertiary/aromatic N) is 1. The zero-order chi connectivity index (χ0) is 19.0. The number of aryl methyl sites for hydroxylation is 1. The lowest BCUT2D eigenvalue weighted by atomic mass is 9.96. The number of alkyl halides is 3. The highest BCUT2D eigenvalue weighted by atomic mass is 19.4. The number of aromatic nitrogens is 1. The molecule has 4 nitrogen and oxygen atoms in total. The smallest absolute Gasteiger partial charge is 0.356 e. The summed E-state index contributed by atoms with van der Waals surface area (Å²) in [6.07, 6.45) is 1.34. The SMILES string of the molecule is O=C(NC1CCCCC1)N1CCCc2c([nH]c3ccccc23)C1C(F)(F)F. The van der Waals surface area contributed by atoms with Crippen molar-refractivity contribution in [1.82, 2.24) is 15.2 Å². The van der Waals surface area contributed by atoms with Gasteiger partial charge >= 0.3 is 12.2 Å². The summed E-state index contributed by atoms with van der Waals surface area (Å²) < 4.78 is 42.2. The quantitative estimate of drug-likeness (QED) is 0.715. The van der Waals surface area contributed by atoms with Gasteiger partial charge < -0.3 is 15.2 Å². The molecule has 0 radical (unpaired) electrons. The van der Waals surface area contributed by atoms with Crippen molar-refractivity contribution in [2.24, 2.45) is 0 Å². The van der Waals surface area contributed by atoms with Crippen molar-refractivity contribution >= 4 is 16.9 Å². The van der Waals surface area contributed by atoms with E-state index in [2.05, 4.69) is 10.3 Å². The number of urea groups is 1. The number of halogens is 3. The molecule has 1 unspecified atom stereocenters. The molecule has 2 heterocycles. The van der Waals surface area contributed by atoms with Crippen LogP contribution < -0.4 is 5.32 Å². The van der Waals surface area contributed by atoms with Gasteiger partial charge in [0.25, 0.3) is 0 Å². The number of rotatable bonds is 1. The number of nitrogens with one attached hydrogen (secondary N) is 2. The Kier molecular flexibility index (Phi) is 4.78. The topological polar surface area (TPSA) is 48.1 Å². The van der Waals surface area contributed by atoms with Crippen LogP contribution in [0.15, 0.2) is 24.3 Å². The predicted molar refractivity (Wildman–Crippen MR) is 97.5 cm³/mol. The van der Waals surface area contributed by atoms with Gasteiger partial charge in [-0.2, -0.15) is 13.2 Å². The Hall–Kier alpha value is -2.18. The third kappa shape index (κ3) is 3.51. The van der Waals surface area contributed by atoms with Gasteiger partial charge in [0.05, 0.1) is 5.69 Å². The molecule has 146 valence electrons. The zero-order valence-electron chi connectivity index (χ0n) is 15.1. The highest BCUT2D eigenvalue weighted by Crippen LogP contribution is 2.43. The van der Waals surface area contributed by atoms with Crippen molar-refractivity contribution < 1.29 is 18.0 Å². The van der Waals surface area contributed by atoms with E-state index in [4.69, 9.17) is 0 Å². The van der Waals surface area contributed by atoms with Gasteiger partial charge in [0.2, 0.25) is 0 Å². The third-order valence-corrected chi connectivity index (χ3v) is 5.76. The van der Waals surface area contributed by atoms with Crippen LogP contribution in [0.2, 0.25) is 0 Å². The number of carbonyl (C=O) groups is 1. The van der Waals surface area contributed by atoms with Crippen LogP contribution in [0.3, 0.4) is 0 Å². The highest BCUT2D eigenvalue weighted by Gasteiger charge is 2.49. The molecule has 1 saturated carbocycles. The average Bonchev–Trinajstić information content (AvgIpc) is 2.86. The summed E-state index contributed by atoms with van der Waals surface area (Å²) in [4.78, 5) is 16.7. The maximum absolute atomic E-state index is 14.1. The monoisotopic (exact) mass is 379 g/mol. The number of amides is 2. The molecule has 7 heteroatoms. The van der Waals surface area contributed by atoms with Crippen LogP contribution in [0.1, 0.15) is 55.8 Å². The van der Waals surface area contributed by atoms with E-state index in [1.807, 2.05) is 12.1 Å². The van der Waals surface area contributed by atoms with E-state index in [9.17, 15) is 18.0 Å². The zero-order valence-corrected chi connectivity index (χ0v) is 15.1. The number of para-hydroxylation sites is 1. The number of hydrogen-bond donors (Lipinski definition) is 2. The van der Waals surface area contributed by atoms with E-state index in [1.54, 1.807) is 12.1 Å². The van der Waals surface area contributed by atoms with E-state index < -0.39 is 18.2 Å². The summed E-state index contributed by atoms with van der Waals surface area (Å²) >= 11 is 0. The molecule has 0 spiro atoms. The molecule has 27 heavy (non-hydrogen) atoms. The minimum atomic E-state index is -4.54. The van der Waals surface area contributed by atoms with E-state index in [1.165, 1.54) is 0 Å². The van der Waals surface area contributed by atoms with Gasteiger partial charge in [0, 0.05) is 23.5 Å². The lowest BCUT2D eigenvalue weighted by molar-refractivity contribution is -0.179. The van der Waals surface area contributed by atoms with Gasteiger partial charge in [-0.1, -0.05) is 37.5 Å². The molecule has 2 N–H and O–H groups in total. The molecule has 0 bridgehead atoms. The first kappa shape index (κ1) is 18.2. The summed E-state index contributed by atoms with van der Waals surface area (Å²) in [6, 6.07) is 4.69. The largest absolute Gasteiger partial charge is 0.414 e. The lowest BCUT2D eigenvalue weighted by Gasteiger charge is -2.34. The van der Waals surface area contributed by atoms with Crippen molar-refractivity contribution in [3.8, 4) is 0 Å². The molecule has 4 rings (SSSR count). The Bertz CT molecular complexity index is 823. The first-order chi connectivity index (χ1) is 12.9. The van der Waals surface area contributed by atoms with Crippen molar-refractivity contribution in [3.05, 3.63) is 35.5 Å². The fourth-order valence-electron chi connectivity index (χ4n) is 4.50. The number of H-pyrrole nitrogens is 1. The molecule has 1 aliphatic heterocycles. The van der Waals surface area contributed by atoms with Gasteiger partial charge in [-0.05, 0) is 37.3 Å². The minimum absolute atomic E-state index is 0.0226. The predicted octanol–water partition coefficient (Wildman–Crippen LogP) is 5.06. The van der Waals surface area contributed by atoms with Crippen LogP contribution in [0.5, 0.6) is 0 Å². The Labute approximate surface area is 156 Å². The summed E-state index contributed by atoms with van der Waals surface area (Å²) in [6.45, 7) is 0.0968. The molecule has 1 fully saturated rings. The summed E-state index contributed by atoms with van der Waals surface area (Å²) in [7, 11) is 0. The van der Waals surface area contributed by atoms with Crippen LogP contribution in [0.25, 0.3) is 10.9 Å². The van der Waals surface area contributed by atoms with Gasteiger partial charge in [0.1, 0.15) is 0 Å². The minimum Gasteiger partial charge on any atom is -0.356 e. The number of aromatic amines is 1. The standard InChI is InChI=1S/C20H24F3N3O/c21-20(22,23)18-17-15(14-9-4-5-11-16(14)25-17)10-6-12-26(18)19(27)24-13-7-2-1-3-8-13/h4-5,9,11,13,18,25H,1-3,6-8,10,12H2,(H,24,27). The number of hydrogen-bond acceptors (Lipinski definition) is 1. The molecule has 1 atom stereocenters. The summed E-state index contributed by atoms with van der Waals surface area (Å²) in [5.74, 6) is 0. The Morgan fingerprint density at radius 1 is 1.11 bits per heavy atom. The van der Waals surface area contributed by atoms with E-state index in [0.29, 0.717) is 23.9 Å². The second-order valence-electron chi connectivity index (χ2n) is 7.59. The van der Waals surface area contributed by atoms with Gasteiger partial charge in [-0.3, -0.25) is 0 Å². The fourth-order valence-corrected chi connectivity index (χ4v) is 4.50. The van der Waals surface area contributed by atoms with Gasteiger partial charge in [-0.25, -0.2) is 4.79 Å². The molecule has 1 aromatic carbocycles. The maximum Gasteiger partial charge on any atom is 0.414 e. The molecule has 2 aromatic rings. The van der Waals surface area contributed by atoms with Crippen molar-refractivity contribution in [2.75, 3.05) is 6.54 Å². The lowest BCUT2D eigenvalue weighted by Crippen LogP contribution is -2.50. The van der Waals surface area contributed by atoms with Crippen LogP contribution in [0.4, 0.5) is 18.0 Å². The Morgan fingerprint density at radius 2 is 1.85 bits per heavy atom. The molecule has 1 aromatic heterocycles. The van der Waals surface area contributed by atoms with Crippen molar-refractivity contribution in [1.29, 1.82) is 0 Å². The van der Waals surface area contributed by atoms with Crippen LogP contribution in [-0.2, 0) is 6.42 Å². The normalized spacial score (nSPS) is 21.7. The van der Waals surface area contributed by atoms with Crippen LogP contribution in [0, 0.1) is 0 Å². The van der Waals surface area contributed by atoms with Gasteiger partial charge in [0.15, 0.2) is 6.04 Å². The average molecular weight is 379 g/mol. The first-order valence-electron chi connectivity index (χ1n) is 9.68. The van der Waals surface area contributed by atoms with E-state index in [-0.39, 0.29) is 18.3 Å². The molecule has 0 saturated heterocycles. The van der Waals surface area contributed by atoms with Gasteiger partial charge in [-0.15, -0.1) is 0 Å². The Balaban J connectivity index is 1.69. The molecular weight excluding hydrogens is 355 g/mol. The molecule has 1 aliphatic carbocycles. The van der Waals surface area contributed by atoms with Crippen LogP contribution >= 0.6 is 0 Å². The molecule has 2 aliphatic rings. The first-order valence-corrected chi connectivity index (χ1v) is 9.68. The Morgan fingerprint density at radius 3 is 2.59 bits per heavy atom. The second-order valence-corrected chi connectivity index (χ2v) is 7.59. The van der Waals surface area contributed by atoms with Crippen molar-refractivity contribution in [3.63, 3.8) is 0 Å². The third-order valence-electron chi connectivity index (χ3n) is 5.76. The maximum atomic E-state index is 14.1.